The second kappa shape index (κ2) is 6.04. The number of likely N-dealkylation sites (N-methyl/N-ethyl adjacent to an activating group) is 1. The van der Waals surface area contributed by atoms with Crippen LogP contribution < -0.4 is 4.72 Å². The van der Waals surface area contributed by atoms with Gasteiger partial charge in [-0.1, -0.05) is 23.2 Å². The minimum atomic E-state index is -4.24. The molecule has 0 radical (unpaired) electrons. The Morgan fingerprint density at radius 3 is 2.59 bits per heavy atom. The van der Waals surface area contributed by atoms with Crippen LogP contribution >= 0.6 is 23.2 Å². The number of halogens is 2. The summed E-state index contributed by atoms with van der Waals surface area (Å²) < 4.78 is 26.8. The van der Waals surface area contributed by atoms with E-state index in [4.69, 9.17) is 23.2 Å². The van der Waals surface area contributed by atoms with E-state index in [2.05, 4.69) is 4.72 Å². The summed E-state index contributed by atoms with van der Waals surface area (Å²) in [5.74, 6) is -1.70. The zero-order valence-electron chi connectivity index (χ0n) is 11.3. The van der Waals surface area contributed by atoms with Crippen LogP contribution in [0.1, 0.15) is 12.8 Å². The molecule has 2 N–H and O–H groups in total. The number of nitrogens with zero attached hydrogens (tertiary/aromatic N) is 1. The Kier molecular flexibility index (Phi) is 4.67. The van der Waals surface area contributed by atoms with Gasteiger partial charge in [0.1, 0.15) is 10.9 Å². The number of carbonyl (C=O) groups is 2. The van der Waals surface area contributed by atoms with E-state index in [1.165, 1.54) is 13.1 Å². The lowest BCUT2D eigenvalue weighted by Gasteiger charge is -2.28. The molecule has 2 amide bonds. The molecule has 1 saturated heterocycles. The molecular weight excluding hydrogens is 355 g/mol. The van der Waals surface area contributed by atoms with E-state index in [0.717, 1.165) is 11.0 Å². The number of hydrogen-bond donors (Lipinski definition) is 2. The summed E-state index contributed by atoms with van der Waals surface area (Å²) in [5, 5.41) is 9.58. The molecule has 10 heteroatoms. The highest BCUT2D eigenvalue weighted by Gasteiger charge is 2.35. The molecule has 0 spiro atoms. The van der Waals surface area contributed by atoms with Gasteiger partial charge in [0.15, 0.2) is 5.75 Å². The number of amides is 2. The number of carbonyl (C=O) groups excluding carboxylic acids is 2. The number of imide groups is 1. The van der Waals surface area contributed by atoms with Crippen molar-refractivity contribution in [3.63, 3.8) is 0 Å². The third-order valence-corrected chi connectivity index (χ3v) is 5.22. The maximum atomic E-state index is 12.3. The van der Waals surface area contributed by atoms with E-state index in [1.54, 1.807) is 0 Å². The number of nitrogens with one attached hydrogen (secondary N) is 1. The number of sulfonamides is 1. The first-order chi connectivity index (χ1) is 10.1. The van der Waals surface area contributed by atoms with Gasteiger partial charge in [-0.3, -0.25) is 14.5 Å². The monoisotopic (exact) mass is 366 g/mol. The number of rotatable bonds is 3. The van der Waals surface area contributed by atoms with Crippen molar-refractivity contribution in [2.75, 3.05) is 7.05 Å². The lowest BCUT2D eigenvalue weighted by atomic mass is 10.1. The maximum Gasteiger partial charge on any atom is 0.247 e. The van der Waals surface area contributed by atoms with Gasteiger partial charge in [-0.05, 0) is 18.6 Å². The number of hydrogen-bond acceptors (Lipinski definition) is 5. The summed E-state index contributed by atoms with van der Waals surface area (Å²) in [7, 11) is -2.96. The number of phenolic OH excluding ortho intramolecular Hbond substituents is 1. The highest BCUT2D eigenvalue weighted by atomic mass is 35.5. The number of benzene rings is 1. The lowest BCUT2D eigenvalue weighted by Crippen LogP contribution is -2.52. The summed E-state index contributed by atoms with van der Waals surface area (Å²) >= 11 is 11.4. The minimum Gasteiger partial charge on any atom is -0.505 e. The van der Waals surface area contributed by atoms with Gasteiger partial charge in [0, 0.05) is 18.5 Å². The number of aromatic hydroxyl groups is 1. The summed E-state index contributed by atoms with van der Waals surface area (Å²) in [6.07, 6.45) is 0.0774. The Bertz CT molecular complexity index is 750. The molecule has 0 aromatic heterocycles. The van der Waals surface area contributed by atoms with Crippen LogP contribution in [-0.2, 0) is 19.6 Å². The second-order valence-corrected chi connectivity index (χ2v) is 7.26. The number of phenols is 1. The highest BCUT2D eigenvalue weighted by Crippen LogP contribution is 2.34. The predicted molar refractivity (Wildman–Crippen MR) is 79.2 cm³/mol. The maximum absolute atomic E-state index is 12.3. The predicted octanol–water partition coefficient (Wildman–Crippen LogP) is 1.12. The van der Waals surface area contributed by atoms with Gasteiger partial charge in [0.25, 0.3) is 0 Å². The Labute approximate surface area is 136 Å². The topological polar surface area (TPSA) is 104 Å². The summed E-state index contributed by atoms with van der Waals surface area (Å²) in [4.78, 5) is 23.6. The molecule has 22 heavy (non-hydrogen) atoms. The van der Waals surface area contributed by atoms with Crippen LogP contribution in [0.2, 0.25) is 10.0 Å². The normalized spacial score (nSPS) is 19.6. The van der Waals surface area contributed by atoms with Crippen LogP contribution in [0.4, 0.5) is 0 Å². The molecule has 0 aliphatic carbocycles. The fourth-order valence-electron chi connectivity index (χ4n) is 2.02. The Morgan fingerprint density at radius 2 is 1.95 bits per heavy atom. The van der Waals surface area contributed by atoms with Gasteiger partial charge in [0.05, 0.1) is 5.02 Å². The molecule has 1 fully saturated rings. The zero-order valence-corrected chi connectivity index (χ0v) is 13.7. The van der Waals surface area contributed by atoms with Crippen molar-refractivity contribution < 1.29 is 23.1 Å². The van der Waals surface area contributed by atoms with E-state index in [0.29, 0.717) is 0 Å². The van der Waals surface area contributed by atoms with Crippen LogP contribution in [0.3, 0.4) is 0 Å². The van der Waals surface area contributed by atoms with Gasteiger partial charge in [-0.25, -0.2) is 8.42 Å². The summed E-state index contributed by atoms with van der Waals surface area (Å²) in [5.41, 5.74) is 0. The molecular formula is C12H12Cl2N2O5S. The molecule has 0 bridgehead atoms. The average Bonchev–Trinajstić information content (AvgIpc) is 2.43. The minimum absolute atomic E-state index is 0.0189. The third kappa shape index (κ3) is 3.19. The third-order valence-electron chi connectivity index (χ3n) is 3.23. The number of piperidine rings is 1. The van der Waals surface area contributed by atoms with Crippen molar-refractivity contribution in [1.29, 1.82) is 0 Å². The van der Waals surface area contributed by atoms with Crippen molar-refractivity contribution in [3.05, 3.63) is 22.2 Å². The number of likely N-dealkylation sites (tertiary alicyclic amines) is 1. The zero-order chi connectivity index (χ0) is 16.7. The first-order valence-corrected chi connectivity index (χ1v) is 8.38. The first-order valence-electron chi connectivity index (χ1n) is 6.14. The van der Waals surface area contributed by atoms with E-state index in [9.17, 15) is 23.1 Å². The molecule has 1 heterocycles. The molecule has 1 aromatic carbocycles. The first kappa shape index (κ1) is 17.0. The van der Waals surface area contributed by atoms with Gasteiger partial charge in [0.2, 0.25) is 21.8 Å². The van der Waals surface area contributed by atoms with E-state index in [-0.39, 0.29) is 28.8 Å². The van der Waals surface area contributed by atoms with Gasteiger partial charge in [-0.15, -0.1) is 0 Å². The molecule has 120 valence electrons. The second-order valence-electron chi connectivity index (χ2n) is 4.74. The highest BCUT2D eigenvalue weighted by molar-refractivity contribution is 7.89. The van der Waals surface area contributed by atoms with Crippen molar-refractivity contribution in [3.8, 4) is 5.75 Å². The van der Waals surface area contributed by atoms with Crippen LogP contribution in [0.15, 0.2) is 17.0 Å². The standard InChI is InChI=1S/C12H12Cl2N2O5S/c1-16-10(17)3-2-8(12(16)19)15-22(20,21)9-5-6(13)4-7(14)11(9)18/h4-5,8,15,18H,2-3H2,1H3. The van der Waals surface area contributed by atoms with E-state index < -0.39 is 32.6 Å². The molecule has 7 nitrogen and oxygen atoms in total. The fraction of sp³-hybridized carbons (Fsp3) is 0.333. The van der Waals surface area contributed by atoms with Crippen molar-refractivity contribution in [2.45, 2.75) is 23.8 Å². The summed E-state index contributed by atoms with van der Waals surface area (Å²) in [6.45, 7) is 0. The lowest BCUT2D eigenvalue weighted by molar-refractivity contribution is -0.147. The van der Waals surface area contributed by atoms with Gasteiger partial charge in [-0.2, -0.15) is 4.72 Å². The average molecular weight is 367 g/mol. The van der Waals surface area contributed by atoms with Crippen LogP contribution in [0, 0.1) is 0 Å². The molecule has 1 aromatic rings. The van der Waals surface area contributed by atoms with Crippen molar-refractivity contribution in [1.82, 2.24) is 9.62 Å². The molecule has 2 rings (SSSR count). The molecule has 1 atom stereocenters. The molecule has 1 aliphatic rings. The smallest absolute Gasteiger partial charge is 0.247 e. The molecule has 1 unspecified atom stereocenters. The van der Waals surface area contributed by atoms with Crippen LogP contribution in [0.5, 0.6) is 5.75 Å². The van der Waals surface area contributed by atoms with Crippen molar-refractivity contribution in [2.24, 2.45) is 0 Å². The fourth-order valence-corrected chi connectivity index (χ4v) is 4.00. The van der Waals surface area contributed by atoms with Crippen LogP contribution in [-0.4, -0.2) is 43.3 Å². The van der Waals surface area contributed by atoms with Crippen LogP contribution in [0.25, 0.3) is 0 Å². The van der Waals surface area contributed by atoms with Gasteiger partial charge < -0.3 is 5.11 Å². The van der Waals surface area contributed by atoms with E-state index in [1.807, 2.05) is 0 Å². The quantitative estimate of drug-likeness (QED) is 0.780. The Morgan fingerprint density at radius 1 is 1.32 bits per heavy atom. The molecule has 0 saturated carbocycles. The largest absolute Gasteiger partial charge is 0.505 e. The SMILES string of the molecule is CN1C(=O)CCC(NS(=O)(=O)c2cc(Cl)cc(Cl)c2O)C1=O. The Balaban J connectivity index is 2.33. The molecule has 1 aliphatic heterocycles. The van der Waals surface area contributed by atoms with Gasteiger partial charge >= 0.3 is 0 Å². The van der Waals surface area contributed by atoms with E-state index >= 15 is 0 Å². The Hall–Kier alpha value is -1.35. The summed E-state index contributed by atoms with van der Waals surface area (Å²) in [6, 6.07) is 1.12. The van der Waals surface area contributed by atoms with Crippen molar-refractivity contribution >= 4 is 45.0 Å².